The number of aliphatic hydroxyl groups is 1. The summed E-state index contributed by atoms with van der Waals surface area (Å²) in [6, 6.07) is 16.2. The van der Waals surface area contributed by atoms with Crippen molar-refractivity contribution in [1.82, 2.24) is 0 Å². The largest absolute Gasteiger partial charge is 0.413 e. The predicted molar refractivity (Wildman–Crippen MR) is 171 cm³/mol. The standard InChI is InChI=1S/C33H50O8SSi/c1-10-27-28(41-43(8,9)33(4,5)6)20-29(38-21-25-14-12-11-13-15-25)32(39-22-37-7)30(27)31(24(3)34)40-42(35,36)26-18-16-23(2)17-19-26/h10-19,24,27-32,34H,1,20-22H2,2-9H3/t24-,27-,28+,29-,30-,31-,32+/m0/s1. The van der Waals surface area contributed by atoms with Gasteiger partial charge in [0.2, 0.25) is 0 Å². The first-order valence-corrected chi connectivity index (χ1v) is 19.2. The Bertz CT molecular complexity index is 1260. The number of rotatable bonds is 14. The molecule has 7 atom stereocenters. The highest BCUT2D eigenvalue weighted by Crippen LogP contribution is 2.45. The lowest BCUT2D eigenvalue weighted by atomic mass is 9.70. The first-order chi connectivity index (χ1) is 20.1. The molecule has 43 heavy (non-hydrogen) atoms. The van der Waals surface area contributed by atoms with E-state index in [4.69, 9.17) is 22.8 Å². The highest BCUT2D eigenvalue weighted by molar-refractivity contribution is 7.86. The molecule has 1 fully saturated rings. The SMILES string of the molecule is C=C[C@@H]1[C@@H]([C@@H](OS(=O)(=O)c2ccc(C)cc2)[C@H](C)O)[C@H](OCOC)[C@@H](OCc2ccccc2)C[C@H]1O[Si](C)(C)C(C)(C)C. The van der Waals surface area contributed by atoms with Gasteiger partial charge in [0, 0.05) is 25.4 Å². The molecule has 0 aromatic heterocycles. The Morgan fingerprint density at radius 3 is 2.21 bits per heavy atom. The van der Waals surface area contributed by atoms with E-state index in [0.29, 0.717) is 13.0 Å². The second kappa shape index (κ2) is 14.9. The summed E-state index contributed by atoms with van der Waals surface area (Å²) in [6.45, 7) is 18.7. The van der Waals surface area contributed by atoms with E-state index < -0.39 is 54.7 Å². The van der Waals surface area contributed by atoms with Gasteiger partial charge in [0.05, 0.1) is 35.9 Å². The normalized spacial score (nSPS) is 24.8. The minimum absolute atomic E-state index is 0.00928. The molecule has 1 aliphatic rings. The summed E-state index contributed by atoms with van der Waals surface area (Å²) < 4.78 is 58.1. The quantitative estimate of drug-likeness (QED) is 0.113. The molecule has 0 heterocycles. The van der Waals surface area contributed by atoms with Gasteiger partial charge in [-0.15, -0.1) is 6.58 Å². The third-order valence-corrected chi connectivity index (χ3v) is 14.5. The number of hydrogen-bond donors (Lipinski definition) is 1. The van der Waals surface area contributed by atoms with Gasteiger partial charge < -0.3 is 23.7 Å². The third kappa shape index (κ3) is 9.08. The highest BCUT2D eigenvalue weighted by Gasteiger charge is 2.53. The molecule has 8 nitrogen and oxygen atoms in total. The molecule has 1 aliphatic carbocycles. The van der Waals surface area contributed by atoms with Crippen LogP contribution in [0.3, 0.4) is 0 Å². The fourth-order valence-electron chi connectivity index (χ4n) is 5.31. The van der Waals surface area contributed by atoms with Crippen molar-refractivity contribution in [3.8, 4) is 0 Å². The van der Waals surface area contributed by atoms with Crippen molar-refractivity contribution in [1.29, 1.82) is 0 Å². The molecule has 2 aromatic carbocycles. The Labute approximate surface area is 259 Å². The van der Waals surface area contributed by atoms with Crippen LogP contribution in [0.1, 0.15) is 45.2 Å². The van der Waals surface area contributed by atoms with Crippen LogP contribution in [0.15, 0.2) is 72.1 Å². The average molecular weight is 635 g/mol. The van der Waals surface area contributed by atoms with Gasteiger partial charge in [-0.3, -0.25) is 4.18 Å². The zero-order chi connectivity index (χ0) is 32.0. The van der Waals surface area contributed by atoms with Gasteiger partial charge in [-0.1, -0.05) is 74.9 Å². The minimum atomic E-state index is -4.25. The van der Waals surface area contributed by atoms with Gasteiger partial charge in [0.15, 0.2) is 8.32 Å². The Kier molecular flexibility index (Phi) is 12.4. The summed E-state index contributed by atoms with van der Waals surface area (Å²) in [4.78, 5) is 0.00928. The zero-order valence-corrected chi connectivity index (χ0v) is 28.7. The molecule has 240 valence electrons. The smallest absolute Gasteiger partial charge is 0.297 e. The molecule has 0 saturated heterocycles. The van der Waals surface area contributed by atoms with Crippen LogP contribution in [0.2, 0.25) is 18.1 Å². The predicted octanol–water partition coefficient (Wildman–Crippen LogP) is 6.24. The maximum atomic E-state index is 13.6. The minimum Gasteiger partial charge on any atom is -0.413 e. The number of hydrogen-bond acceptors (Lipinski definition) is 8. The van der Waals surface area contributed by atoms with E-state index in [0.717, 1.165) is 11.1 Å². The van der Waals surface area contributed by atoms with Crippen molar-refractivity contribution in [3.63, 3.8) is 0 Å². The maximum absolute atomic E-state index is 13.6. The highest BCUT2D eigenvalue weighted by atomic mass is 32.2. The van der Waals surface area contributed by atoms with Crippen molar-refractivity contribution < 1.29 is 36.3 Å². The number of benzene rings is 2. The van der Waals surface area contributed by atoms with E-state index >= 15 is 0 Å². The van der Waals surface area contributed by atoms with Crippen LogP contribution in [0.25, 0.3) is 0 Å². The molecule has 1 saturated carbocycles. The summed E-state index contributed by atoms with van der Waals surface area (Å²) in [5, 5.41) is 11.1. The van der Waals surface area contributed by atoms with E-state index in [1.807, 2.05) is 37.3 Å². The maximum Gasteiger partial charge on any atom is 0.297 e. The van der Waals surface area contributed by atoms with Gasteiger partial charge in [-0.05, 0) is 49.7 Å². The summed E-state index contributed by atoms with van der Waals surface area (Å²) in [6.07, 6.45) is -1.70. The lowest BCUT2D eigenvalue weighted by Gasteiger charge is -2.51. The molecule has 0 spiro atoms. The topological polar surface area (TPSA) is 101 Å². The second-order valence-corrected chi connectivity index (χ2v) is 19.3. The molecule has 0 amide bonds. The molecule has 10 heteroatoms. The Balaban J connectivity index is 2.10. The molecule has 0 bridgehead atoms. The number of aryl methyl sites for hydroxylation is 1. The van der Waals surface area contributed by atoms with Crippen molar-refractivity contribution in [2.45, 2.75) is 101 Å². The van der Waals surface area contributed by atoms with E-state index in [9.17, 15) is 13.5 Å². The first kappa shape index (κ1) is 35.6. The van der Waals surface area contributed by atoms with Gasteiger partial charge in [-0.2, -0.15) is 8.42 Å². The molecule has 0 aliphatic heterocycles. The van der Waals surface area contributed by atoms with Crippen LogP contribution in [0.5, 0.6) is 0 Å². The molecular formula is C33H50O8SSi. The van der Waals surface area contributed by atoms with E-state index in [1.165, 1.54) is 26.2 Å². The summed E-state index contributed by atoms with van der Waals surface area (Å²) in [5.74, 6) is -1.11. The fourth-order valence-corrected chi connectivity index (χ4v) is 7.84. The lowest BCUT2D eigenvalue weighted by molar-refractivity contribution is -0.207. The van der Waals surface area contributed by atoms with Gasteiger partial charge in [-0.25, -0.2) is 0 Å². The van der Waals surface area contributed by atoms with E-state index in [1.54, 1.807) is 18.2 Å². The van der Waals surface area contributed by atoms with E-state index in [-0.39, 0.29) is 22.8 Å². The monoisotopic (exact) mass is 634 g/mol. The molecular weight excluding hydrogens is 585 g/mol. The van der Waals surface area contributed by atoms with Crippen LogP contribution in [-0.2, 0) is 39.5 Å². The fraction of sp³-hybridized carbons (Fsp3) is 0.576. The molecule has 1 N–H and O–H groups in total. The summed E-state index contributed by atoms with van der Waals surface area (Å²) >= 11 is 0. The summed E-state index contributed by atoms with van der Waals surface area (Å²) in [5.41, 5.74) is 1.91. The van der Waals surface area contributed by atoms with Crippen LogP contribution in [-0.4, -0.2) is 66.3 Å². The van der Waals surface area contributed by atoms with Crippen LogP contribution in [0.4, 0.5) is 0 Å². The molecule has 0 radical (unpaired) electrons. The first-order valence-electron chi connectivity index (χ1n) is 14.9. The van der Waals surface area contributed by atoms with E-state index in [2.05, 4.69) is 40.4 Å². The number of methoxy groups -OCH3 is 1. The van der Waals surface area contributed by atoms with Gasteiger partial charge >= 0.3 is 0 Å². The van der Waals surface area contributed by atoms with Gasteiger partial charge in [0.25, 0.3) is 10.1 Å². The van der Waals surface area contributed by atoms with Crippen LogP contribution < -0.4 is 0 Å². The average Bonchev–Trinajstić information content (AvgIpc) is 2.93. The Hall–Kier alpha value is -1.89. The van der Waals surface area contributed by atoms with Crippen molar-refractivity contribution in [2.75, 3.05) is 13.9 Å². The number of aliphatic hydroxyl groups excluding tert-OH is 1. The third-order valence-electron chi connectivity index (χ3n) is 8.70. The van der Waals surface area contributed by atoms with Crippen LogP contribution in [0, 0.1) is 18.8 Å². The van der Waals surface area contributed by atoms with Crippen molar-refractivity contribution >= 4 is 18.4 Å². The van der Waals surface area contributed by atoms with Crippen molar-refractivity contribution in [2.24, 2.45) is 11.8 Å². The Morgan fingerprint density at radius 1 is 1.05 bits per heavy atom. The Morgan fingerprint density at radius 2 is 1.67 bits per heavy atom. The summed E-state index contributed by atoms with van der Waals surface area (Å²) in [7, 11) is -5.03. The molecule has 0 unspecified atom stereocenters. The zero-order valence-electron chi connectivity index (χ0n) is 26.9. The van der Waals surface area contributed by atoms with Crippen molar-refractivity contribution in [3.05, 3.63) is 78.4 Å². The van der Waals surface area contributed by atoms with Crippen LogP contribution >= 0.6 is 0 Å². The van der Waals surface area contributed by atoms with Gasteiger partial charge in [0.1, 0.15) is 12.9 Å². The molecule has 2 aromatic rings. The second-order valence-electron chi connectivity index (χ2n) is 13.0. The molecule has 3 rings (SSSR count). The lowest BCUT2D eigenvalue weighted by Crippen LogP contribution is -2.60. The number of ether oxygens (including phenoxy) is 3.